The zero-order valence-electron chi connectivity index (χ0n) is 54.7. The van der Waals surface area contributed by atoms with Gasteiger partial charge >= 0.3 is 0 Å². The summed E-state index contributed by atoms with van der Waals surface area (Å²) in [4.78, 5) is 4.80. The Bertz CT molecular complexity index is 5210. The zero-order valence-corrected chi connectivity index (χ0v) is 54.7. The summed E-state index contributed by atoms with van der Waals surface area (Å²) in [6, 6.07) is 89.4. The minimum atomic E-state index is -0.0374. The van der Waals surface area contributed by atoms with Crippen LogP contribution in [0.2, 0.25) is 0 Å². The normalized spacial score (nSPS) is 12.8. The highest BCUT2D eigenvalue weighted by atomic mass is 16.3. The molecule has 0 atom stereocenters. The summed E-state index contributed by atoms with van der Waals surface area (Å²) in [6.45, 7) is 27.8. The highest BCUT2D eigenvalue weighted by Crippen LogP contribution is 2.50. The van der Waals surface area contributed by atoms with Gasteiger partial charge in [0, 0.05) is 89.3 Å². The molecular formula is C86H76N4O2. The van der Waals surface area contributed by atoms with Crippen molar-refractivity contribution in [2.75, 3.05) is 9.80 Å². The number of hydrogen-bond donors (Lipinski definition) is 0. The van der Waals surface area contributed by atoms with Gasteiger partial charge in [-0.3, -0.25) is 0 Å². The Morgan fingerprint density at radius 3 is 0.957 bits per heavy atom. The molecule has 16 rings (SSSR count). The average Bonchev–Trinajstić information content (AvgIpc) is 1.57. The van der Waals surface area contributed by atoms with Gasteiger partial charge in [0.1, 0.15) is 22.3 Å². The summed E-state index contributed by atoms with van der Waals surface area (Å²) >= 11 is 0. The van der Waals surface area contributed by atoms with Gasteiger partial charge in [0.05, 0.1) is 33.4 Å². The van der Waals surface area contributed by atoms with Crippen molar-refractivity contribution in [3.8, 4) is 11.4 Å². The van der Waals surface area contributed by atoms with Gasteiger partial charge < -0.3 is 27.8 Å². The van der Waals surface area contributed by atoms with Crippen LogP contribution in [0.4, 0.5) is 34.1 Å². The fourth-order valence-electron chi connectivity index (χ4n) is 14.4. The zero-order chi connectivity index (χ0) is 63.3. The number of rotatable bonds is 8. The molecule has 4 aromatic heterocycles. The maximum absolute atomic E-state index is 6.99. The Morgan fingerprint density at radius 2 is 0.587 bits per heavy atom. The number of para-hydroxylation sites is 4. The Hall–Kier alpha value is -10.3. The lowest BCUT2D eigenvalue weighted by molar-refractivity contribution is 0.567. The largest absolute Gasteiger partial charge is 0.456 e. The number of nitrogens with zero attached hydrogens (tertiary/aromatic N) is 4. The van der Waals surface area contributed by atoms with E-state index in [1.165, 1.54) is 66.2 Å². The van der Waals surface area contributed by atoms with E-state index >= 15 is 0 Å². The van der Waals surface area contributed by atoms with E-state index in [1.807, 2.05) is 0 Å². The number of fused-ring (bicyclic) bond motifs is 15. The van der Waals surface area contributed by atoms with E-state index in [2.05, 4.69) is 345 Å². The molecule has 6 heteroatoms. The lowest BCUT2D eigenvalue weighted by Gasteiger charge is -2.27. The molecule has 0 aliphatic heterocycles. The van der Waals surface area contributed by atoms with Gasteiger partial charge in [0.15, 0.2) is 0 Å². The molecule has 12 aromatic carbocycles. The molecule has 0 saturated heterocycles. The van der Waals surface area contributed by atoms with Gasteiger partial charge in [-0.05, 0) is 188 Å². The maximum Gasteiger partial charge on any atom is 0.137 e. The predicted molar refractivity (Wildman–Crippen MR) is 391 cm³/mol. The van der Waals surface area contributed by atoms with Gasteiger partial charge in [0.25, 0.3) is 0 Å². The van der Waals surface area contributed by atoms with Crippen molar-refractivity contribution in [3.05, 3.63) is 265 Å². The first-order valence-electron chi connectivity index (χ1n) is 32.5. The SMILES string of the molecule is CC(C)(C)c1cc(-n2c3ccccc3c3c(N(c4ccccc4)c4ccc5c(c4)oc4ccc6c(ccc7oc8cc(N(c9ccccc9)c9cccc%10c9c9ccccc9n%10-c9cc(C(C)(C)C)cc(C(C)(C)C)c9)ccc8c76)c45)cccc32)cc(C(C)(C)C)c1. The summed E-state index contributed by atoms with van der Waals surface area (Å²) in [7, 11) is 0. The minimum Gasteiger partial charge on any atom is -0.456 e. The summed E-state index contributed by atoms with van der Waals surface area (Å²) in [5.41, 5.74) is 21.8. The monoisotopic (exact) mass is 1200 g/mol. The second-order valence-corrected chi connectivity index (χ2v) is 29.5. The lowest BCUT2D eigenvalue weighted by Crippen LogP contribution is -2.17. The molecular weight excluding hydrogens is 1120 g/mol. The molecule has 0 radical (unpaired) electrons. The van der Waals surface area contributed by atoms with E-state index in [1.54, 1.807) is 0 Å². The minimum absolute atomic E-state index is 0.0374. The first-order valence-corrected chi connectivity index (χ1v) is 32.5. The van der Waals surface area contributed by atoms with Crippen LogP contribution in [0, 0.1) is 0 Å². The number of hydrogen-bond acceptors (Lipinski definition) is 4. The molecule has 0 N–H and O–H groups in total. The van der Waals surface area contributed by atoms with Gasteiger partial charge in [-0.2, -0.15) is 0 Å². The van der Waals surface area contributed by atoms with E-state index in [0.29, 0.717) is 0 Å². The molecule has 92 heavy (non-hydrogen) atoms. The Morgan fingerprint density at radius 1 is 0.250 bits per heavy atom. The summed E-state index contributed by atoms with van der Waals surface area (Å²) < 4.78 is 18.9. The Labute approximate surface area is 538 Å². The van der Waals surface area contributed by atoms with Crippen LogP contribution in [0.15, 0.2) is 251 Å². The summed E-state index contributed by atoms with van der Waals surface area (Å²) in [5.74, 6) is 0. The summed E-state index contributed by atoms with van der Waals surface area (Å²) in [6.07, 6.45) is 0. The number of aromatic nitrogens is 2. The lowest BCUT2D eigenvalue weighted by atomic mass is 9.80. The second kappa shape index (κ2) is 20.6. The van der Waals surface area contributed by atoms with Crippen LogP contribution < -0.4 is 9.80 Å². The van der Waals surface area contributed by atoms with Crippen molar-refractivity contribution in [3.63, 3.8) is 0 Å². The fraction of sp³-hybridized carbons (Fsp3) is 0.186. The van der Waals surface area contributed by atoms with Crippen molar-refractivity contribution >= 4 is 132 Å². The van der Waals surface area contributed by atoms with E-state index in [9.17, 15) is 0 Å². The summed E-state index contributed by atoms with van der Waals surface area (Å²) in [5, 5.41) is 11.3. The number of anilines is 6. The Kier molecular flexibility index (Phi) is 12.7. The molecule has 0 spiro atoms. The van der Waals surface area contributed by atoms with E-state index < -0.39 is 0 Å². The third-order valence-corrected chi connectivity index (χ3v) is 19.2. The molecule has 16 aromatic rings. The molecule has 0 amide bonds. The molecule has 6 nitrogen and oxygen atoms in total. The molecule has 0 aliphatic rings. The number of furan rings is 2. The van der Waals surface area contributed by atoms with Gasteiger partial charge in [-0.25, -0.2) is 0 Å². The topological polar surface area (TPSA) is 42.6 Å². The number of benzene rings is 12. The van der Waals surface area contributed by atoms with Crippen molar-refractivity contribution in [2.45, 2.75) is 105 Å². The van der Waals surface area contributed by atoms with Crippen LogP contribution in [0.3, 0.4) is 0 Å². The molecule has 4 heterocycles. The molecule has 0 aliphatic carbocycles. The van der Waals surface area contributed by atoms with Crippen LogP contribution in [0.5, 0.6) is 0 Å². The molecule has 452 valence electrons. The predicted octanol–water partition coefficient (Wildman–Crippen LogP) is 25.0. The van der Waals surface area contributed by atoms with Gasteiger partial charge in [-0.15, -0.1) is 0 Å². The first-order chi connectivity index (χ1) is 44.2. The van der Waals surface area contributed by atoms with Gasteiger partial charge in [-0.1, -0.05) is 180 Å². The third kappa shape index (κ3) is 9.20. The van der Waals surface area contributed by atoms with Crippen LogP contribution in [-0.2, 0) is 21.7 Å². The van der Waals surface area contributed by atoms with Gasteiger partial charge in [0.2, 0.25) is 0 Å². The van der Waals surface area contributed by atoms with Crippen LogP contribution in [0.1, 0.15) is 105 Å². The average molecular weight is 1200 g/mol. The standard InChI is InChI=1S/C86H76N4O2/c1-83(2,3)53-45-54(84(4,5)6)48-61(47-53)89-69-31-21-19-29-65(69)81-71(33-23-35-73(81)89)87(57-25-15-13-16-26-57)59-37-39-67-77(51-59)91-75-43-41-64-63(79(67)75)42-44-76-80(64)68-40-38-60(52-78(68)92-76)88(58-27-17-14-18-28-58)72-34-24-36-74-82(72)66-30-20-22-32-70(66)90(74)62-49-55(85(7,8)9)46-56(50-62)86(10,11)12/h13-52H,1-12H3. The highest BCUT2D eigenvalue weighted by Gasteiger charge is 2.29. The van der Waals surface area contributed by atoms with Crippen LogP contribution in [0.25, 0.3) is 110 Å². The fourth-order valence-corrected chi connectivity index (χ4v) is 14.4. The van der Waals surface area contributed by atoms with Crippen LogP contribution >= 0.6 is 0 Å². The molecule has 0 bridgehead atoms. The maximum atomic E-state index is 6.99. The second-order valence-electron chi connectivity index (χ2n) is 29.5. The Balaban J connectivity index is 0.829. The van der Waals surface area contributed by atoms with E-state index in [-0.39, 0.29) is 21.7 Å². The van der Waals surface area contributed by atoms with E-state index in [0.717, 1.165) is 99.8 Å². The van der Waals surface area contributed by atoms with Crippen molar-refractivity contribution in [1.29, 1.82) is 0 Å². The quantitative estimate of drug-likeness (QED) is 0.152. The molecule has 0 fully saturated rings. The highest BCUT2D eigenvalue weighted by molar-refractivity contribution is 6.28. The third-order valence-electron chi connectivity index (χ3n) is 19.2. The van der Waals surface area contributed by atoms with Crippen molar-refractivity contribution < 1.29 is 8.83 Å². The molecule has 0 saturated carbocycles. The van der Waals surface area contributed by atoms with Crippen molar-refractivity contribution in [1.82, 2.24) is 9.13 Å². The first kappa shape index (κ1) is 56.9. The van der Waals surface area contributed by atoms with E-state index in [4.69, 9.17) is 8.83 Å². The smallest absolute Gasteiger partial charge is 0.137 e. The molecule has 0 unspecified atom stereocenters. The van der Waals surface area contributed by atoms with Crippen LogP contribution in [-0.4, -0.2) is 9.13 Å². The van der Waals surface area contributed by atoms with Crippen molar-refractivity contribution in [2.24, 2.45) is 0 Å².